The maximum absolute atomic E-state index is 13.9. The molecule has 0 N–H and O–H groups in total. The van der Waals surface area contributed by atoms with E-state index < -0.39 is 34.3 Å². The van der Waals surface area contributed by atoms with Gasteiger partial charge in [-0.05, 0) is 23.7 Å². The first kappa shape index (κ1) is 18.5. The molecule has 0 aliphatic heterocycles. The summed E-state index contributed by atoms with van der Waals surface area (Å²) in [5, 5.41) is -6.29. The molecule has 0 saturated heterocycles. The van der Waals surface area contributed by atoms with E-state index in [1.165, 1.54) is 12.1 Å². The molecule has 0 saturated carbocycles. The maximum atomic E-state index is 13.9. The van der Waals surface area contributed by atoms with Gasteiger partial charge in [0.25, 0.3) is 0 Å². The van der Waals surface area contributed by atoms with Crippen LogP contribution in [-0.2, 0) is 5.92 Å². The fraction of sp³-hybridized carbons (Fsp3) is 0.308. The zero-order valence-corrected chi connectivity index (χ0v) is 11.9. The topological polar surface area (TPSA) is 30.2 Å². The maximum Gasteiger partial charge on any atom is 0.393 e. The van der Waals surface area contributed by atoms with E-state index >= 15 is 0 Å². The molecule has 2 aromatic rings. The zero-order valence-electron chi connectivity index (χ0n) is 11.1. The number of alkyl halides is 9. The van der Waals surface area contributed by atoms with Gasteiger partial charge < -0.3 is 4.42 Å². The lowest BCUT2D eigenvalue weighted by Gasteiger charge is -2.34. The third kappa shape index (κ3) is 2.52. The monoisotopic (exact) mass is 380 g/mol. The number of halogens is 9. The van der Waals surface area contributed by atoms with Crippen molar-refractivity contribution in [2.75, 3.05) is 0 Å². The van der Waals surface area contributed by atoms with Gasteiger partial charge in [-0.1, -0.05) is 18.2 Å². The molecule has 0 radical (unpaired) electrons. The number of rotatable bonds is 4. The zero-order chi connectivity index (χ0) is 18.6. The number of benzene rings is 1. The van der Waals surface area contributed by atoms with Crippen LogP contribution in [0.1, 0.15) is 5.56 Å². The van der Waals surface area contributed by atoms with Crippen molar-refractivity contribution in [1.29, 1.82) is 0 Å². The van der Waals surface area contributed by atoms with Crippen LogP contribution in [-0.4, -0.2) is 17.2 Å². The van der Waals surface area contributed by atoms with Crippen LogP contribution in [0.4, 0.5) is 35.1 Å². The molecule has 0 spiro atoms. The Kier molecular flexibility index (Phi) is 4.11. The SMILES string of the molecule is O=c1oc2ccccc2cc1C(F)(F)C(F)(F)C(F)(F)C(F)(F)Cl. The van der Waals surface area contributed by atoms with Crippen molar-refractivity contribution in [1.82, 2.24) is 0 Å². The first-order valence-electron chi connectivity index (χ1n) is 5.97. The van der Waals surface area contributed by atoms with Gasteiger partial charge in [0, 0.05) is 5.39 Å². The minimum atomic E-state index is -6.68. The molecular formula is C13H5ClF8O2. The van der Waals surface area contributed by atoms with Crippen molar-refractivity contribution in [2.45, 2.75) is 23.1 Å². The normalized spacial score (nSPS) is 14.2. The molecule has 0 amide bonds. The molecule has 0 unspecified atom stereocenters. The summed E-state index contributed by atoms with van der Waals surface area (Å²) in [6.07, 6.45) is 0. The summed E-state index contributed by atoms with van der Waals surface area (Å²) in [5.41, 5.74) is -4.57. The third-order valence-electron chi connectivity index (χ3n) is 3.12. The van der Waals surface area contributed by atoms with Crippen LogP contribution >= 0.6 is 11.6 Å². The van der Waals surface area contributed by atoms with E-state index in [-0.39, 0.29) is 17.0 Å². The summed E-state index contributed by atoms with van der Waals surface area (Å²) >= 11 is 3.84. The Bertz CT molecular complexity index is 825. The number of hydrogen-bond acceptors (Lipinski definition) is 2. The van der Waals surface area contributed by atoms with Gasteiger partial charge in [0.05, 0.1) is 0 Å². The summed E-state index contributed by atoms with van der Waals surface area (Å²) in [5.74, 6) is -19.3. The predicted molar refractivity (Wildman–Crippen MR) is 67.1 cm³/mol. The Morgan fingerprint density at radius 1 is 0.875 bits per heavy atom. The van der Waals surface area contributed by atoms with E-state index in [0.29, 0.717) is 0 Å². The molecular weight excluding hydrogens is 376 g/mol. The number of para-hydroxylation sites is 1. The molecule has 132 valence electrons. The minimum absolute atomic E-state index is 0.164. The minimum Gasteiger partial charge on any atom is -0.422 e. The van der Waals surface area contributed by atoms with Crippen LogP contribution < -0.4 is 5.63 Å². The summed E-state index contributed by atoms with van der Waals surface area (Å²) in [7, 11) is 0. The van der Waals surface area contributed by atoms with Gasteiger partial charge in [-0.15, -0.1) is 0 Å². The van der Waals surface area contributed by atoms with Crippen molar-refractivity contribution < 1.29 is 39.5 Å². The van der Waals surface area contributed by atoms with Crippen LogP contribution in [0.3, 0.4) is 0 Å². The van der Waals surface area contributed by atoms with Crippen LogP contribution in [0.2, 0.25) is 0 Å². The van der Waals surface area contributed by atoms with Crippen molar-refractivity contribution in [3.05, 3.63) is 46.3 Å². The summed E-state index contributed by atoms with van der Waals surface area (Å²) in [6, 6.07) is 4.92. The fourth-order valence-corrected chi connectivity index (χ4v) is 1.94. The standard InChI is InChI=1S/C13H5ClF8O2/c14-13(21,22)12(19,20)11(17,18)10(15,16)7-5-6-3-1-2-4-8(6)24-9(7)23/h1-5H. The lowest BCUT2D eigenvalue weighted by molar-refractivity contribution is -0.353. The van der Waals surface area contributed by atoms with Gasteiger partial charge in [0.1, 0.15) is 11.1 Å². The second-order valence-electron chi connectivity index (χ2n) is 4.71. The molecule has 11 heteroatoms. The Balaban J connectivity index is 2.70. The van der Waals surface area contributed by atoms with Crippen LogP contribution in [0.15, 0.2) is 39.5 Å². The molecule has 2 rings (SSSR count). The molecule has 0 aliphatic rings. The third-order valence-corrected chi connectivity index (χ3v) is 3.36. The van der Waals surface area contributed by atoms with Gasteiger partial charge in [-0.3, -0.25) is 0 Å². The molecule has 1 heterocycles. The Morgan fingerprint density at radius 3 is 1.96 bits per heavy atom. The van der Waals surface area contributed by atoms with Crippen LogP contribution in [0.5, 0.6) is 0 Å². The van der Waals surface area contributed by atoms with Crippen molar-refractivity contribution in [3.8, 4) is 0 Å². The number of hydrogen-bond donors (Lipinski definition) is 0. The van der Waals surface area contributed by atoms with Crippen molar-refractivity contribution >= 4 is 22.6 Å². The van der Waals surface area contributed by atoms with Gasteiger partial charge in [0.2, 0.25) is 0 Å². The first-order chi connectivity index (χ1) is 10.7. The first-order valence-corrected chi connectivity index (χ1v) is 6.35. The van der Waals surface area contributed by atoms with E-state index in [1.807, 2.05) is 0 Å². The second kappa shape index (κ2) is 5.33. The molecule has 1 aromatic carbocycles. The van der Waals surface area contributed by atoms with Crippen molar-refractivity contribution in [3.63, 3.8) is 0 Å². The average Bonchev–Trinajstić information content (AvgIpc) is 2.44. The van der Waals surface area contributed by atoms with Gasteiger partial charge in [-0.25, -0.2) is 4.79 Å². The highest BCUT2D eigenvalue weighted by Crippen LogP contribution is 2.56. The molecule has 0 aliphatic carbocycles. The predicted octanol–water partition coefficient (Wildman–Crippen LogP) is 4.99. The lowest BCUT2D eigenvalue weighted by atomic mass is 9.97. The molecule has 0 atom stereocenters. The molecule has 0 bridgehead atoms. The Labute approximate surface area is 132 Å². The van der Waals surface area contributed by atoms with Crippen LogP contribution in [0.25, 0.3) is 11.0 Å². The second-order valence-corrected chi connectivity index (χ2v) is 5.18. The van der Waals surface area contributed by atoms with Gasteiger partial charge >= 0.3 is 28.8 Å². The highest BCUT2D eigenvalue weighted by atomic mass is 35.5. The number of fused-ring (bicyclic) bond motifs is 1. The molecule has 24 heavy (non-hydrogen) atoms. The fourth-order valence-electron chi connectivity index (χ4n) is 1.83. The van der Waals surface area contributed by atoms with Crippen molar-refractivity contribution in [2.24, 2.45) is 0 Å². The highest BCUT2D eigenvalue weighted by molar-refractivity contribution is 6.22. The molecule has 0 fully saturated rings. The summed E-state index contributed by atoms with van der Waals surface area (Å²) < 4.78 is 110. The summed E-state index contributed by atoms with van der Waals surface area (Å²) in [6.45, 7) is 0. The van der Waals surface area contributed by atoms with E-state index in [4.69, 9.17) is 0 Å². The van der Waals surface area contributed by atoms with Crippen LogP contribution in [0, 0.1) is 0 Å². The molecule has 2 nitrogen and oxygen atoms in total. The van der Waals surface area contributed by atoms with Gasteiger partial charge in [0.15, 0.2) is 0 Å². The van der Waals surface area contributed by atoms with E-state index in [0.717, 1.165) is 12.1 Å². The smallest absolute Gasteiger partial charge is 0.393 e. The largest absolute Gasteiger partial charge is 0.422 e. The Morgan fingerprint density at radius 2 is 1.42 bits per heavy atom. The lowest BCUT2D eigenvalue weighted by Crippen LogP contribution is -2.60. The summed E-state index contributed by atoms with van der Waals surface area (Å²) in [4.78, 5) is 11.5. The van der Waals surface area contributed by atoms with Gasteiger partial charge in [-0.2, -0.15) is 35.1 Å². The van der Waals surface area contributed by atoms with E-state index in [2.05, 4.69) is 16.0 Å². The van der Waals surface area contributed by atoms with E-state index in [9.17, 15) is 39.9 Å². The Hall–Kier alpha value is -1.84. The average molecular weight is 381 g/mol. The quantitative estimate of drug-likeness (QED) is 0.425. The van der Waals surface area contributed by atoms with E-state index in [1.54, 1.807) is 0 Å². The molecule has 1 aromatic heterocycles. The highest BCUT2D eigenvalue weighted by Gasteiger charge is 2.81.